The van der Waals surface area contributed by atoms with Crippen molar-refractivity contribution in [3.63, 3.8) is 0 Å². The number of nitrogens with zero attached hydrogens (tertiary/aromatic N) is 3. The number of hydrogen-bond acceptors (Lipinski definition) is 5. The number of carbonyl (C=O) groups excluding carboxylic acids is 1. The number of aromatic nitrogens is 4. The molecular weight excluding hydrogens is 360 g/mol. The number of pyridine rings is 1. The van der Waals surface area contributed by atoms with E-state index in [4.69, 9.17) is 4.74 Å². The number of rotatable bonds is 5. The van der Waals surface area contributed by atoms with E-state index in [1.807, 2.05) is 43.6 Å². The first-order chi connectivity index (χ1) is 13.1. The maximum absolute atomic E-state index is 11.2. The molecule has 0 aliphatic rings. The van der Waals surface area contributed by atoms with Gasteiger partial charge in [0, 0.05) is 42.5 Å². The number of benzene rings is 1. The molecule has 4 rings (SSSR count). The molecule has 0 atom stereocenters. The average molecular weight is 378 g/mol. The van der Waals surface area contributed by atoms with Crippen LogP contribution >= 0.6 is 11.8 Å². The van der Waals surface area contributed by atoms with E-state index in [2.05, 4.69) is 25.6 Å². The third-order valence-electron chi connectivity index (χ3n) is 4.20. The van der Waals surface area contributed by atoms with Crippen LogP contribution in [0.25, 0.3) is 16.7 Å². The van der Waals surface area contributed by atoms with Gasteiger partial charge in [0.1, 0.15) is 5.75 Å². The Bertz CT molecular complexity index is 1100. The minimum Gasteiger partial charge on any atom is -0.426 e. The van der Waals surface area contributed by atoms with E-state index >= 15 is 0 Å². The lowest BCUT2D eigenvalue weighted by molar-refractivity contribution is -0.131. The maximum Gasteiger partial charge on any atom is 0.308 e. The zero-order chi connectivity index (χ0) is 18.8. The Morgan fingerprint density at radius 2 is 2.07 bits per heavy atom. The fourth-order valence-corrected chi connectivity index (χ4v) is 3.73. The summed E-state index contributed by atoms with van der Waals surface area (Å²) in [6.07, 6.45) is 5.68. The zero-order valence-electron chi connectivity index (χ0n) is 15.0. The Balaban J connectivity index is 1.53. The summed E-state index contributed by atoms with van der Waals surface area (Å²) in [5, 5.41) is 0.828. The molecular formula is C20H18N4O2S. The van der Waals surface area contributed by atoms with Gasteiger partial charge in [-0.1, -0.05) is 11.8 Å². The minimum absolute atomic E-state index is 0.335. The van der Waals surface area contributed by atoms with Crippen molar-refractivity contribution in [2.24, 2.45) is 0 Å². The van der Waals surface area contributed by atoms with E-state index in [9.17, 15) is 4.79 Å². The number of imidazole rings is 1. The van der Waals surface area contributed by atoms with Crippen molar-refractivity contribution >= 4 is 28.8 Å². The third kappa shape index (κ3) is 3.73. The van der Waals surface area contributed by atoms with Crippen LogP contribution in [0.5, 0.6) is 5.75 Å². The summed E-state index contributed by atoms with van der Waals surface area (Å²) in [4.78, 5) is 23.6. The summed E-state index contributed by atoms with van der Waals surface area (Å²) in [6, 6.07) is 11.8. The summed E-state index contributed by atoms with van der Waals surface area (Å²) in [5.41, 5.74) is 4.73. The predicted molar refractivity (Wildman–Crippen MR) is 105 cm³/mol. The van der Waals surface area contributed by atoms with Crippen LogP contribution < -0.4 is 4.74 Å². The van der Waals surface area contributed by atoms with Gasteiger partial charge in [-0.3, -0.25) is 9.78 Å². The fourth-order valence-electron chi connectivity index (χ4n) is 2.82. The van der Waals surface area contributed by atoms with Crippen LogP contribution in [-0.4, -0.2) is 25.5 Å². The lowest BCUT2D eigenvalue weighted by Gasteiger charge is -2.08. The summed E-state index contributed by atoms with van der Waals surface area (Å²) < 4.78 is 7.28. The molecule has 27 heavy (non-hydrogen) atoms. The van der Waals surface area contributed by atoms with Crippen LogP contribution in [0.4, 0.5) is 0 Å². The molecule has 0 bridgehead atoms. The predicted octanol–water partition coefficient (Wildman–Crippen LogP) is 4.27. The molecule has 0 fully saturated rings. The highest BCUT2D eigenvalue weighted by atomic mass is 32.2. The van der Waals surface area contributed by atoms with Crippen LogP contribution in [0.1, 0.15) is 18.2 Å². The van der Waals surface area contributed by atoms with Gasteiger partial charge in [0.15, 0.2) is 5.16 Å². The van der Waals surface area contributed by atoms with Crippen molar-refractivity contribution in [1.29, 1.82) is 0 Å². The Kier molecular flexibility index (Phi) is 4.68. The van der Waals surface area contributed by atoms with Gasteiger partial charge >= 0.3 is 5.97 Å². The molecule has 0 aliphatic carbocycles. The summed E-state index contributed by atoms with van der Waals surface area (Å²) in [7, 11) is 0. The smallest absolute Gasteiger partial charge is 0.308 e. The molecule has 0 spiro atoms. The van der Waals surface area contributed by atoms with E-state index in [1.165, 1.54) is 6.92 Å². The van der Waals surface area contributed by atoms with Crippen LogP contribution in [0, 0.1) is 6.92 Å². The van der Waals surface area contributed by atoms with Crippen molar-refractivity contribution in [3.05, 3.63) is 66.2 Å². The summed E-state index contributed by atoms with van der Waals surface area (Å²) in [6.45, 7) is 3.30. The number of aromatic amines is 1. The van der Waals surface area contributed by atoms with E-state index in [1.54, 1.807) is 24.0 Å². The number of thioether (sulfide) groups is 1. The van der Waals surface area contributed by atoms with Crippen molar-refractivity contribution in [1.82, 2.24) is 19.5 Å². The van der Waals surface area contributed by atoms with Gasteiger partial charge in [-0.2, -0.15) is 0 Å². The summed E-state index contributed by atoms with van der Waals surface area (Å²) >= 11 is 1.57. The molecule has 0 saturated carbocycles. The van der Waals surface area contributed by atoms with Crippen molar-refractivity contribution < 1.29 is 9.53 Å². The highest BCUT2D eigenvalue weighted by molar-refractivity contribution is 7.98. The molecule has 136 valence electrons. The second kappa shape index (κ2) is 7.28. The lowest BCUT2D eigenvalue weighted by Crippen LogP contribution is -2.04. The Labute approximate surface area is 160 Å². The van der Waals surface area contributed by atoms with Gasteiger partial charge in [-0.05, 0) is 43.3 Å². The molecule has 3 aromatic heterocycles. The molecule has 0 saturated heterocycles. The van der Waals surface area contributed by atoms with Gasteiger partial charge in [0.2, 0.25) is 0 Å². The quantitative estimate of drug-likeness (QED) is 0.415. The molecule has 0 amide bonds. The molecule has 0 radical (unpaired) electrons. The molecule has 3 heterocycles. The first-order valence-electron chi connectivity index (χ1n) is 8.49. The minimum atomic E-state index is -0.335. The van der Waals surface area contributed by atoms with E-state index in [0.717, 1.165) is 33.1 Å². The van der Waals surface area contributed by atoms with Crippen LogP contribution in [0.2, 0.25) is 0 Å². The molecule has 7 heteroatoms. The number of ether oxygens (including phenoxy) is 1. The summed E-state index contributed by atoms with van der Waals surface area (Å²) in [5.74, 6) is 0.846. The Morgan fingerprint density at radius 1 is 1.26 bits per heavy atom. The van der Waals surface area contributed by atoms with Crippen molar-refractivity contribution in [2.45, 2.75) is 24.8 Å². The number of hydrogen-bond donors (Lipinski definition) is 1. The average Bonchev–Trinajstić information content (AvgIpc) is 3.30. The van der Waals surface area contributed by atoms with Gasteiger partial charge in [-0.25, -0.2) is 4.98 Å². The topological polar surface area (TPSA) is 72.8 Å². The third-order valence-corrected chi connectivity index (χ3v) is 5.09. The van der Waals surface area contributed by atoms with Crippen molar-refractivity contribution in [2.75, 3.05) is 0 Å². The SMILES string of the molecule is CC(=O)Oc1ccnc(CSc2nc3ccc(-n4cccc4)cc3[nH]2)c1C. The normalized spacial score (nSPS) is 11.0. The second-order valence-electron chi connectivity index (χ2n) is 6.10. The molecule has 4 aromatic rings. The van der Waals surface area contributed by atoms with Gasteiger partial charge < -0.3 is 14.3 Å². The number of fused-ring (bicyclic) bond motifs is 1. The Hall–Kier alpha value is -3.06. The second-order valence-corrected chi connectivity index (χ2v) is 7.06. The molecule has 1 aromatic carbocycles. The molecule has 0 aliphatic heterocycles. The molecule has 6 nitrogen and oxygen atoms in total. The van der Waals surface area contributed by atoms with Crippen molar-refractivity contribution in [3.8, 4) is 11.4 Å². The van der Waals surface area contributed by atoms with Gasteiger partial charge in [-0.15, -0.1) is 0 Å². The maximum atomic E-state index is 11.2. The number of esters is 1. The van der Waals surface area contributed by atoms with E-state index in [-0.39, 0.29) is 5.97 Å². The van der Waals surface area contributed by atoms with Crippen LogP contribution in [0.15, 0.2) is 60.1 Å². The first-order valence-corrected chi connectivity index (χ1v) is 9.47. The van der Waals surface area contributed by atoms with Gasteiger partial charge in [0.05, 0.1) is 16.7 Å². The highest BCUT2D eigenvalue weighted by Gasteiger charge is 2.11. The number of nitrogens with one attached hydrogen (secondary N) is 1. The largest absolute Gasteiger partial charge is 0.426 e. The Morgan fingerprint density at radius 3 is 2.85 bits per heavy atom. The number of carbonyl (C=O) groups is 1. The molecule has 0 unspecified atom stereocenters. The standard InChI is InChI=1S/C20H18N4O2S/c1-13-18(21-8-7-19(13)26-14(2)25)12-27-20-22-16-6-5-15(11-17(16)23-20)24-9-3-4-10-24/h3-11H,12H2,1-2H3,(H,22,23). The van der Waals surface area contributed by atoms with Gasteiger partial charge in [0.25, 0.3) is 0 Å². The highest BCUT2D eigenvalue weighted by Crippen LogP contribution is 2.27. The van der Waals surface area contributed by atoms with E-state index in [0.29, 0.717) is 11.5 Å². The monoisotopic (exact) mass is 378 g/mol. The fraction of sp³-hybridized carbons (Fsp3) is 0.150. The molecule has 1 N–H and O–H groups in total. The zero-order valence-corrected chi connectivity index (χ0v) is 15.8. The van der Waals surface area contributed by atoms with E-state index < -0.39 is 0 Å². The lowest BCUT2D eigenvalue weighted by atomic mass is 10.2. The number of H-pyrrole nitrogens is 1. The van der Waals surface area contributed by atoms with Crippen LogP contribution in [0.3, 0.4) is 0 Å². The van der Waals surface area contributed by atoms with Crippen LogP contribution in [-0.2, 0) is 10.5 Å². The first kappa shape index (κ1) is 17.4.